The van der Waals surface area contributed by atoms with Crippen LogP contribution in [0.3, 0.4) is 0 Å². The van der Waals surface area contributed by atoms with Crippen molar-refractivity contribution in [3.63, 3.8) is 0 Å². The predicted octanol–water partition coefficient (Wildman–Crippen LogP) is 2.76. The Morgan fingerprint density at radius 1 is 1.09 bits per heavy atom. The maximum atomic E-state index is 13.3. The number of ether oxygens (including phenoxy) is 3. The minimum Gasteiger partial charge on any atom is -0.496 e. The molecule has 172 valence electrons. The van der Waals surface area contributed by atoms with Gasteiger partial charge in [-0.05, 0) is 61.6 Å². The number of carbonyl (C=O) groups is 2. The molecule has 2 aromatic carbocycles. The van der Waals surface area contributed by atoms with E-state index in [1.54, 1.807) is 31.4 Å². The Morgan fingerprint density at radius 2 is 1.79 bits per heavy atom. The molecule has 2 heterocycles. The van der Waals surface area contributed by atoms with Gasteiger partial charge in [-0.25, -0.2) is 0 Å². The van der Waals surface area contributed by atoms with Gasteiger partial charge in [0.1, 0.15) is 17.1 Å². The maximum Gasteiger partial charge on any atom is 0.270 e. The number of benzene rings is 2. The summed E-state index contributed by atoms with van der Waals surface area (Å²) in [7, 11) is 1.56. The second-order valence-corrected chi connectivity index (χ2v) is 7.80. The predicted molar refractivity (Wildman–Crippen MR) is 130 cm³/mol. The van der Waals surface area contributed by atoms with E-state index in [1.165, 1.54) is 11.0 Å². The van der Waals surface area contributed by atoms with Crippen molar-refractivity contribution in [3.8, 4) is 11.5 Å². The van der Waals surface area contributed by atoms with E-state index >= 15 is 0 Å². The van der Waals surface area contributed by atoms with Crippen LogP contribution in [-0.4, -0.2) is 56.9 Å². The van der Waals surface area contributed by atoms with Gasteiger partial charge in [-0.1, -0.05) is 0 Å². The van der Waals surface area contributed by atoms with Crippen LogP contribution < -0.4 is 24.6 Å². The summed E-state index contributed by atoms with van der Waals surface area (Å²) in [5, 5.41) is 2.63. The number of amides is 2. The Balaban J connectivity index is 1.64. The monoisotopic (exact) mass is 467 g/mol. The zero-order valence-corrected chi connectivity index (χ0v) is 19.3. The molecule has 1 N–H and O–H groups in total. The molecule has 2 saturated heterocycles. The van der Waals surface area contributed by atoms with E-state index in [-0.39, 0.29) is 10.7 Å². The second kappa shape index (κ2) is 10.0. The Bertz CT molecular complexity index is 1090. The first-order valence-electron chi connectivity index (χ1n) is 10.7. The van der Waals surface area contributed by atoms with Crippen LogP contribution in [0.1, 0.15) is 12.5 Å². The highest BCUT2D eigenvalue weighted by atomic mass is 32.1. The SMILES string of the molecule is CCOc1ccc(N2C(=O)/C(=C\c3ccc(N4CCOCC4)cc3OC)C(=O)NC2=S)cc1. The molecule has 2 aliphatic rings. The van der Waals surface area contributed by atoms with Crippen LogP contribution in [0.2, 0.25) is 0 Å². The van der Waals surface area contributed by atoms with E-state index < -0.39 is 11.8 Å². The van der Waals surface area contributed by atoms with Gasteiger partial charge in [0.2, 0.25) is 0 Å². The van der Waals surface area contributed by atoms with Gasteiger partial charge in [-0.3, -0.25) is 19.8 Å². The number of thiocarbonyl (C=S) groups is 1. The van der Waals surface area contributed by atoms with Gasteiger partial charge in [0.05, 0.1) is 32.6 Å². The lowest BCUT2D eigenvalue weighted by Gasteiger charge is -2.30. The van der Waals surface area contributed by atoms with Crippen molar-refractivity contribution in [1.82, 2.24) is 5.32 Å². The van der Waals surface area contributed by atoms with Gasteiger partial charge in [0.25, 0.3) is 11.8 Å². The quantitative estimate of drug-likeness (QED) is 0.398. The summed E-state index contributed by atoms with van der Waals surface area (Å²) in [6, 6.07) is 12.6. The molecule has 0 radical (unpaired) electrons. The van der Waals surface area contributed by atoms with Crippen LogP contribution in [0.5, 0.6) is 11.5 Å². The molecule has 0 aliphatic carbocycles. The van der Waals surface area contributed by atoms with Crippen LogP contribution in [0.25, 0.3) is 6.08 Å². The van der Waals surface area contributed by atoms with E-state index in [0.717, 1.165) is 18.8 Å². The summed E-state index contributed by atoms with van der Waals surface area (Å²) < 4.78 is 16.4. The maximum absolute atomic E-state index is 13.3. The first-order chi connectivity index (χ1) is 16.0. The average molecular weight is 468 g/mol. The van der Waals surface area contributed by atoms with Crippen LogP contribution >= 0.6 is 12.2 Å². The number of anilines is 2. The van der Waals surface area contributed by atoms with E-state index in [2.05, 4.69) is 10.2 Å². The van der Waals surface area contributed by atoms with Gasteiger partial charge < -0.3 is 19.1 Å². The summed E-state index contributed by atoms with van der Waals surface area (Å²) >= 11 is 5.28. The van der Waals surface area contributed by atoms with E-state index in [4.69, 9.17) is 26.4 Å². The number of nitrogens with one attached hydrogen (secondary N) is 1. The second-order valence-electron chi connectivity index (χ2n) is 7.41. The fourth-order valence-electron chi connectivity index (χ4n) is 3.74. The molecule has 2 amide bonds. The first-order valence-corrected chi connectivity index (χ1v) is 11.1. The highest BCUT2D eigenvalue weighted by Crippen LogP contribution is 2.30. The standard InChI is InChI=1S/C24H25N3O5S/c1-3-32-19-8-6-17(7-9-19)27-23(29)20(22(28)25-24(27)33)14-16-4-5-18(15-21(16)30-2)26-10-12-31-13-11-26/h4-9,14-15H,3,10-13H2,1-2H3,(H,25,28,33)/b20-14-. The Kier molecular flexibility index (Phi) is 6.90. The van der Waals surface area contributed by atoms with E-state index in [1.807, 2.05) is 25.1 Å². The largest absolute Gasteiger partial charge is 0.496 e. The molecule has 0 bridgehead atoms. The summed E-state index contributed by atoms with van der Waals surface area (Å²) in [5.41, 5.74) is 2.12. The van der Waals surface area contributed by atoms with E-state index in [9.17, 15) is 9.59 Å². The van der Waals surface area contributed by atoms with Crippen molar-refractivity contribution in [2.24, 2.45) is 0 Å². The van der Waals surface area contributed by atoms with Crippen molar-refractivity contribution in [3.05, 3.63) is 53.6 Å². The zero-order chi connectivity index (χ0) is 23.4. The van der Waals surface area contributed by atoms with Crippen LogP contribution in [-0.2, 0) is 14.3 Å². The third-order valence-electron chi connectivity index (χ3n) is 5.40. The average Bonchev–Trinajstić information content (AvgIpc) is 2.83. The summed E-state index contributed by atoms with van der Waals surface area (Å²) in [4.78, 5) is 29.4. The number of nitrogens with zero attached hydrogens (tertiary/aromatic N) is 2. The number of morpholine rings is 1. The molecule has 2 aliphatic heterocycles. The third kappa shape index (κ3) is 4.84. The number of hydrogen-bond acceptors (Lipinski definition) is 7. The third-order valence-corrected chi connectivity index (χ3v) is 5.69. The molecule has 0 unspecified atom stereocenters. The molecule has 0 aromatic heterocycles. The molecular weight excluding hydrogens is 442 g/mol. The molecular formula is C24H25N3O5S. The van der Waals surface area contributed by atoms with Crippen molar-refractivity contribution in [2.45, 2.75) is 6.92 Å². The highest BCUT2D eigenvalue weighted by Gasteiger charge is 2.34. The van der Waals surface area contributed by atoms with Crippen molar-refractivity contribution < 1.29 is 23.8 Å². The lowest BCUT2D eigenvalue weighted by Crippen LogP contribution is -2.54. The normalized spacial score (nSPS) is 17.9. The minimum atomic E-state index is -0.550. The number of rotatable bonds is 6. The molecule has 8 nitrogen and oxygen atoms in total. The Hall–Kier alpha value is -3.43. The first kappa shape index (κ1) is 22.8. The number of carbonyl (C=O) groups excluding carboxylic acids is 2. The van der Waals surface area contributed by atoms with E-state index in [0.29, 0.717) is 42.6 Å². The summed E-state index contributed by atoms with van der Waals surface area (Å²) in [6.45, 7) is 5.35. The van der Waals surface area contributed by atoms with Crippen molar-refractivity contribution in [1.29, 1.82) is 0 Å². The van der Waals surface area contributed by atoms with Crippen LogP contribution in [0.4, 0.5) is 11.4 Å². The zero-order valence-electron chi connectivity index (χ0n) is 18.5. The van der Waals surface area contributed by atoms with Crippen molar-refractivity contribution in [2.75, 3.05) is 49.8 Å². The highest BCUT2D eigenvalue weighted by molar-refractivity contribution is 7.80. The fraction of sp³-hybridized carbons (Fsp3) is 0.292. The Labute approximate surface area is 197 Å². The van der Waals surface area contributed by atoms with Gasteiger partial charge in [-0.2, -0.15) is 0 Å². The topological polar surface area (TPSA) is 80.3 Å². The van der Waals surface area contributed by atoms with Gasteiger partial charge >= 0.3 is 0 Å². The number of methoxy groups -OCH3 is 1. The fourth-order valence-corrected chi connectivity index (χ4v) is 4.02. The van der Waals surface area contributed by atoms with Crippen LogP contribution in [0.15, 0.2) is 48.0 Å². The number of hydrogen-bond donors (Lipinski definition) is 1. The van der Waals surface area contributed by atoms with Crippen LogP contribution in [0, 0.1) is 0 Å². The lowest BCUT2D eigenvalue weighted by atomic mass is 10.1. The van der Waals surface area contributed by atoms with Crippen molar-refractivity contribution >= 4 is 46.6 Å². The Morgan fingerprint density at radius 3 is 2.45 bits per heavy atom. The lowest BCUT2D eigenvalue weighted by molar-refractivity contribution is -0.122. The molecule has 2 aromatic rings. The molecule has 2 fully saturated rings. The molecule has 0 atom stereocenters. The molecule has 4 rings (SSSR count). The summed E-state index contributed by atoms with van der Waals surface area (Å²) in [5.74, 6) is 0.188. The molecule has 33 heavy (non-hydrogen) atoms. The minimum absolute atomic E-state index is 0.0286. The smallest absolute Gasteiger partial charge is 0.270 e. The van der Waals surface area contributed by atoms with Gasteiger partial charge in [0.15, 0.2) is 5.11 Å². The molecule has 9 heteroatoms. The molecule has 0 spiro atoms. The van der Waals surface area contributed by atoms with Gasteiger partial charge in [-0.15, -0.1) is 0 Å². The van der Waals surface area contributed by atoms with Gasteiger partial charge in [0, 0.05) is 30.4 Å². The summed E-state index contributed by atoms with van der Waals surface area (Å²) in [6.07, 6.45) is 1.53. The molecule has 0 saturated carbocycles.